The zero-order valence-corrected chi connectivity index (χ0v) is 13.4. The molecule has 0 spiro atoms. The summed E-state index contributed by atoms with van der Waals surface area (Å²) in [6.07, 6.45) is 1.69. The zero-order valence-electron chi connectivity index (χ0n) is 12.7. The number of ether oxygens (including phenoxy) is 2. The van der Waals surface area contributed by atoms with Gasteiger partial charge in [0.2, 0.25) is 5.90 Å². The Morgan fingerprint density at radius 2 is 1.91 bits per heavy atom. The van der Waals surface area contributed by atoms with Crippen LogP contribution in [-0.2, 0) is 9.53 Å². The molecule has 4 nitrogen and oxygen atoms in total. The highest BCUT2D eigenvalue weighted by Gasteiger charge is 2.26. The second-order valence-electron chi connectivity index (χ2n) is 5.09. The highest BCUT2D eigenvalue weighted by Crippen LogP contribution is 2.27. The van der Waals surface area contributed by atoms with E-state index in [1.54, 1.807) is 24.3 Å². The summed E-state index contributed by atoms with van der Waals surface area (Å²) < 4.78 is 10.5. The molecule has 2 aromatic carbocycles. The Morgan fingerprint density at radius 1 is 1.17 bits per heavy atom. The van der Waals surface area contributed by atoms with E-state index in [2.05, 4.69) is 4.99 Å². The number of hydrogen-bond donors (Lipinski definition) is 0. The maximum Gasteiger partial charge on any atom is 0.363 e. The minimum atomic E-state index is -0.498. The van der Waals surface area contributed by atoms with Crippen LogP contribution in [0.15, 0.2) is 53.2 Å². The highest BCUT2D eigenvalue weighted by atomic mass is 35.5. The number of nitrogens with zero attached hydrogens (tertiary/aromatic N) is 1. The lowest BCUT2D eigenvalue weighted by molar-refractivity contribution is -0.129. The molecule has 0 N–H and O–H groups in total. The first-order valence-electron chi connectivity index (χ1n) is 7.00. The van der Waals surface area contributed by atoms with Gasteiger partial charge in [-0.15, -0.1) is 0 Å². The molecule has 3 rings (SSSR count). The Kier molecular flexibility index (Phi) is 4.17. The molecule has 0 saturated heterocycles. The molecule has 0 aliphatic carbocycles. The van der Waals surface area contributed by atoms with E-state index in [1.165, 1.54) is 7.11 Å². The van der Waals surface area contributed by atoms with E-state index in [-0.39, 0.29) is 11.6 Å². The van der Waals surface area contributed by atoms with Crippen LogP contribution >= 0.6 is 11.6 Å². The van der Waals surface area contributed by atoms with Crippen LogP contribution in [0.25, 0.3) is 6.08 Å². The van der Waals surface area contributed by atoms with E-state index in [0.29, 0.717) is 16.3 Å². The van der Waals surface area contributed by atoms with Crippen molar-refractivity contribution in [1.29, 1.82) is 0 Å². The Balaban J connectivity index is 1.98. The quantitative estimate of drug-likeness (QED) is 0.632. The average molecular weight is 328 g/mol. The van der Waals surface area contributed by atoms with Gasteiger partial charge in [-0.25, -0.2) is 9.79 Å². The largest absolute Gasteiger partial charge is 0.496 e. The third-order valence-electron chi connectivity index (χ3n) is 3.39. The number of carbonyl (C=O) groups excluding carboxylic acids is 1. The van der Waals surface area contributed by atoms with Crippen molar-refractivity contribution in [3.8, 4) is 5.75 Å². The van der Waals surface area contributed by atoms with Gasteiger partial charge in [0.25, 0.3) is 0 Å². The van der Waals surface area contributed by atoms with Gasteiger partial charge in [-0.3, -0.25) is 0 Å². The molecule has 0 fully saturated rings. The van der Waals surface area contributed by atoms with Gasteiger partial charge in [0.1, 0.15) is 5.75 Å². The van der Waals surface area contributed by atoms with Crippen molar-refractivity contribution >= 4 is 29.5 Å². The van der Waals surface area contributed by atoms with Crippen LogP contribution in [0.3, 0.4) is 0 Å². The topological polar surface area (TPSA) is 47.9 Å². The van der Waals surface area contributed by atoms with Crippen LogP contribution in [0.2, 0.25) is 5.02 Å². The number of aliphatic imine (C=N–C) groups is 1. The number of hydrogen-bond acceptors (Lipinski definition) is 4. The fourth-order valence-electron chi connectivity index (χ4n) is 2.19. The SMILES string of the molecule is COc1ccc(Cl)cc1C1=N/C(=C/c2ccc(C)cc2)C(=O)O1. The van der Waals surface area contributed by atoms with Gasteiger partial charge in [-0.2, -0.15) is 0 Å². The Labute approximate surface area is 139 Å². The smallest absolute Gasteiger partial charge is 0.363 e. The second kappa shape index (κ2) is 6.26. The highest BCUT2D eigenvalue weighted by molar-refractivity contribution is 6.31. The molecule has 0 saturated carbocycles. The molecule has 2 aromatic rings. The summed E-state index contributed by atoms with van der Waals surface area (Å²) >= 11 is 6.00. The van der Waals surface area contributed by atoms with Crippen LogP contribution in [0.4, 0.5) is 0 Å². The fraction of sp³-hybridized carbons (Fsp3) is 0.111. The molecule has 0 bridgehead atoms. The number of cyclic esters (lactones) is 1. The first-order valence-corrected chi connectivity index (χ1v) is 7.38. The molecular weight excluding hydrogens is 314 g/mol. The number of benzene rings is 2. The van der Waals surface area contributed by atoms with Gasteiger partial charge in [-0.1, -0.05) is 41.4 Å². The van der Waals surface area contributed by atoms with Gasteiger partial charge >= 0.3 is 5.97 Å². The lowest BCUT2D eigenvalue weighted by Crippen LogP contribution is -2.07. The van der Waals surface area contributed by atoms with Crippen molar-refractivity contribution in [3.05, 3.63) is 69.9 Å². The van der Waals surface area contributed by atoms with E-state index in [1.807, 2.05) is 31.2 Å². The predicted molar refractivity (Wildman–Crippen MR) is 89.8 cm³/mol. The van der Waals surface area contributed by atoms with Crippen molar-refractivity contribution in [2.45, 2.75) is 6.92 Å². The lowest BCUT2D eigenvalue weighted by Gasteiger charge is -2.07. The summed E-state index contributed by atoms with van der Waals surface area (Å²) in [5.41, 5.74) is 2.81. The summed E-state index contributed by atoms with van der Waals surface area (Å²) in [4.78, 5) is 16.3. The van der Waals surface area contributed by atoms with Crippen LogP contribution in [0.5, 0.6) is 5.75 Å². The number of esters is 1. The number of methoxy groups -OCH3 is 1. The van der Waals surface area contributed by atoms with Crippen molar-refractivity contribution in [2.24, 2.45) is 4.99 Å². The molecule has 5 heteroatoms. The molecule has 1 heterocycles. The van der Waals surface area contributed by atoms with Crippen LogP contribution in [0.1, 0.15) is 16.7 Å². The van der Waals surface area contributed by atoms with Crippen LogP contribution in [-0.4, -0.2) is 19.0 Å². The van der Waals surface area contributed by atoms with E-state index in [4.69, 9.17) is 21.1 Å². The van der Waals surface area contributed by atoms with Gasteiger partial charge < -0.3 is 9.47 Å². The summed E-state index contributed by atoms with van der Waals surface area (Å²) in [7, 11) is 1.53. The van der Waals surface area contributed by atoms with Crippen molar-refractivity contribution in [1.82, 2.24) is 0 Å². The molecule has 116 valence electrons. The van der Waals surface area contributed by atoms with Crippen molar-refractivity contribution in [2.75, 3.05) is 7.11 Å². The minimum absolute atomic E-state index is 0.188. The molecule has 1 aliphatic heterocycles. The van der Waals surface area contributed by atoms with Gasteiger partial charge in [0.05, 0.1) is 12.7 Å². The average Bonchev–Trinajstić information content (AvgIpc) is 2.90. The summed E-state index contributed by atoms with van der Waals surface area (Å²) in [6.45, 7) is 2.00. The third kappa shape index (κ3) is 3.27. The van der Waals surface area contributed by atoms with E-state index < -0.39 is 5.97 Å². The Bertz CT molecular complexity index is 823. The molecule has 1 aliphatic rings. The molecule has 23 heavy (non-hydrogen) atoms. The van der Waals surface area contributed by atoms with Crippen molar-refractivity contribution < 1.29 is 14.3 Å². The molecule has 0 unspecified atom stereocenters. The molecule has 0 radical (unpaired) electrons. The lowest BCUT2D eigenvalue weighted by atomic mass is 10.1. The van der Waals surface area contributed by atoms with Gasteiger partial charge in [0.15, 0.2) is 5.70 Å². The maximum atomic E-state index is 12.0. The molecular formula is C18H14ClNO3. The zero-order chi connectivity index (χ0) is 16.4. The first kappa shape index (κ1) is 15.3. The minimum Gasteiger partial charge on any atom is -0.496 e. The van der Waals surface area contributed by atoms with Gasteiger partial charge in [-0.05, 0) is 36.8 Å². The fourth-order valence-corrected chi connectivity index (χ4v) is 2.36. The molecule has 0 atom stereocenters. The number of aryl methyl sites for hydroxylation is 1. The summed E-state index contributed by atoms with van der Waals surface area (Å²) in [6, 6.07) is 12.8. The first-order chi connectivity index (χ1) is 11.1. The van der Waals surface area contributed by atoms with E-state index in [9.17, 15) is 4.79 Å². The van der Waals surface area contributed by atoms with E-state index in [0.717, 1.165) is 11.1 Å². The van der Waals surface area contributed by atoms with E-state index >= 15 is 0 Å². The summed E-state index contributed by atoms with van der Waals surface area (Å²) in [5, 5.41) is 0.510. The van der Waals surface area contributed by atoms with Crippen molar-refractivity contribution in [3.63, 3.8) is 0 Å². The molecule has 0 amide bonds. The normalized spacial score (nSPS) is 15.5. The number of halogens is 1. The van der Waals surface area contributed by atoms with Gasteiger partial charge in [0, 0.05) is 5.02 Å². The number of carbonyl (C=O) groups is 1. The Morgan fingerprint density at radius 3 is 2.61 bits per heavy atom. The Hall–Kier alpha value is -2.59. The third-order valence-corrected chi connectivity index (χ3v) is 3.63. The second-order valence-corrected chi connectivity index (χ2v) is 5.53. The van der Waals surface area contributed by atoms with Crippen LogP contribution < -0.4 is 4.74 Å². The molecule has 0 aromatic heterocycles. The maximum absolute atomic E-state index is 12.0. The predicted octanol–water partition coefficient (Wildman–Crippen LogP) is 4.00. The standard InChI is InChI=1S/C18H14ClNO3/c1-11-3-5-12(6-4-11)9-15-18(21)23-17(20-15)14-10-13(19)7-8-16(14)22-2/h3-10H,1-2H3/b15-9+. The van der Waals surface area contributed by atoms with Crippen LogP contribution in [0, 0.1) is 6.92 Å². The number of rotatable bonds is 3. The monoisotopic (exact) mass is 327 g/mol. The summed E-state index contributed by atoms with van der Waals surface area (Å²) in [5.74, 6) is 0.229.